The predicted octanol–water partition coefficient (Wildman–Crippen LogP) is 4.15. The van der Waals surface area contributed by atoms with Crippen LogP contribution in [0.5, 0.6) is 0 Å². The normalized spacial score (nSPS) is 49.5. The number of rotatable bonds is 1. The fourth-order valence-electron chi connectivity index (χ4n) is 7.48. The van der Waals surface area contributed by atoms with Crippen molar-refractivity contribution >= 4 is 17.9 Å². The molecule has 4 rings (SSSR count). The predicted molar refractivity (Wildman–Crippen MR) is 95.8 cm³/mol. The van der Waals surface area contributed by atoms with Gasteiger partial charge in [-0.25, -0.2) is 0 Å². The summed E-state index contributed by atoms with van der Waals surface area (Å²) >= 11 is 0. The first kappa shape index (κ1) is 17.2. The van der Waals surface area contributed by atoms with Gasteiger partial charge in [0.25, 0.3) is 0 Å². The van der Waals surface area contributed by atoms with E-state index in [-0.39, 0.29) is 23.0 Å². The Morgan fingerprint density at radius 1 is 1.12 bits per heavy atom. The van der Waals surface area contributed by atoms with Crippen LogP contribution >= 0.6 is 0 Å². The topological polar surface area (TPSA) is 51.2 Å². The SMILES string of the molecule is CC1=C2C(C)C[C@H]3[C@@H]4CCC(=O)[C@@]4(C)CC[C@@H]3[C@@]2(C=O)C(C)CC1=O. The summed E-state index contributed by atoms with van der Waals surface area (Å²) in [7, 11) is 0. The third kappa shape index (κ3) is 1.96. The van der Waals surface area contributed by atoms with Crippen LogP contribution in [0.3, 0.4) is 0 Å². The third-order valence-electron chi connectivity index (χ3n) is 8.67. The fraction of sp³-hybridized carbons (Fsp3) is 0.773. The molecule has 3 nitrogen and oxygen atoms in total. The summed E-state index contributed by atoms with van der Waals surface area (Å²) in [6.07, 6.45) is 6.28. The number of carbonyl (C=O) groups excluding carboxylic acids is 3. The van der Waals surface area contributed by atoms with E-state index in [1.807, 2.05) is 6.92 Å². The number of Topliss-reactive ketones (excluding diaryl/α,β-unsaturated/α-hetero) is 2. The van der Waals surface area contributed by atoms with Crippen molar-refractivity contribution in [2.24, 2.45) is 40.4 Å². The highest BCUT2D eigenvalue weighted by atomic mass is 16.1. The molecule has 25 heavy (non-hydrogen) atoms. The second kappa shape index (κ2) is 5.37. The molecule has 0 aliphatic heterocycles. The van der Waals surface area contributed by atoms with Crippen LogP contribution in [-0.2, 0) is 14.4 Å². The van der Waals surface area contributed by atoms with E-state index in [2.05, 4.69) is 20.8 Å². The van der Waals surface area contributed by atoms with Crippen LogP contribution in [-0.4, -0.2) is 17.9 Å². The second-order valence-electron chi connectivity index (χ2n) is 9.55. The zero-order chi connectivity index (χ0) is 18.1. The van der Waals surface area contributed by atoms with Gasteiger partial charge in [-0.1, -0.05) is 20.8 Å². The largest absolute Gasteiger partial charge is 0.302 e. The first-order chi connectivity index (χ1) is 11.8. The van der Waals surface area contributed by atoms with Gasteiger partial charge in [0.15, 0.2) is 5.78 Å². The van der Waals surface area contributed by atoms with Crippen molar-refractivity contribution in [3.63, 3.8) is 0 Å². The number of fused-ring (bicyclic) bond motifs is 5. The minimum Gasteiger partial charge on any atom is -0.302 e. The molecule has 0 aromatic heterocycles. The van der Waals surface area contributed by atoms with E-state index in [4.69, 9.17) is 0 Å². The Morgan fingerprint density at radius 2 is 1.84 bits per heavy atom. The average molecular weight is 342 g/mol. The number of carbonyl (C=O) groups is 3. The van der Waals surface area contributed by atoms with E-state index >= 15 is 0 Å². The molecule has 0 radical (unpaired) electrons. The summed E-state index contributed by atoms with van der Waals surface area (Å²) in [6, 6.07) is 0. The molecular formula is C22H30O3. The van der Waals surface area contributed by atoms with Crippen molar-refractivity contribution in [1.29, 1.82) is 0 Å². The lowest BCUT2D eigenvalue weighted by Gasteiger charge is -2.60. The molecule has 7 atom stereocenters. The van der Waals surface area contributed by atoms with Crippen LogP contribution in [0.25, 0.3) is 0 Å². The molecule has 3 saturated carbocycles. The van der Waals surface area contributed by atoms with E-state index in [9.17, 15) is 14.4 Å². The molecule has 2 unspecified atom stereocenters. The molecule has 0 N–H and O–H groups in total. The van der Waals surface area contributed by atoms with Crippen LogP contribution in [0.2, 0.25) is 0 Å². The Balaban J connectivity index is 1.86. The summed E-state index contributed by atoms with van der Waals surface area (Å²) in [5.41, 5.74) is 1.34. The Labute approximate surface area is 150 Å². The molecule has 136 valence electrons. The van der Waals surface area contributed by atoms with Gasteiger partial charge in [-0.15, -0.1) is 0 Å². The maximum atomic E-state index is 12.6. The van der Waals surface area contributed by atoms with Gasteiger partial charge in [-0.2, -0.15) is 0 Å². The van der Waals surface area contributed by atoms with Crippen molar-refractivity contribution in [2.75, 3.05) is 0 Å². The average Bonchev–Trinajstić information content (AvgIpc) is 2.87. The van der Waals surface area contributed by atoms with E-state index < -0.39 is 5.41 Å². The summed E-state index contributed by atoms with van der Waals surface area (Å²) in [4.78, 5) is 37.6. The Morgan fingerprint density at radius 3 is 2.52 bits per heavy atom. The molecule has 4 aliphatic carbocycles. The van der Waals surface area contributed by atoms with Crippen molar-refractivity contribution in [3.05, 3.63) is 11.1 Å². The standard InChI is InChI=1S/C22H30O3/c1-12-9-15-16-5-6-19(25)21(16,4)8-7-17(15)22(11-23)13(2)10-18(24)14(3)20(12)22/h11-13,15-17H,5-10H2,1-4H3/t12?,13?,15-,16-,17-,21-,22+/m0/s1. The highest BCUT2D eigenvalue weighted by molar-refractivity contribution is 5.99. The second-order valence-corrected chi connectivity index (χ2v) is 9.55. The highest BCUT2D eigenvalue weighted by Gasteiger charge is 2.63. The van der Waals surface area contributed by atoms with E-state index in [0.717, 1.165) is 36.8 Å². The van der Waals surface area contributed by atoms with E-state index in [1.54, 1.807) is 0 Å². The number of hydrogen-bond donors (Lipinski definition) is 0. The lowest BCUT2D eigenvalue weighted by atomic mass is 9.43. The molecule has 3 heteroatoms. The van der Waals surface area contributed by atoms with E-state index in [0.29, 0.717) is 36.4 Å². The van der Waals surface area contributed by atoms with Crippen LogP contribution in [0, 0.1) is 40.4 Å². The van der Waals surface area contributed by atoms with Crippen molar-refractivity contribution in [3.8, 4) is 0 Å². The molecule has 3 fully saturated rings. The summed E-state index contributed by atoms with van der Waals surface area (Å²) < 4.78 is 0. The zero-order valence-electron chi connectivity index (χ0n) is 15.9. The van der Waals surface area contributed by atoms with Crippen LogP contribution in [0.15, 0.2) is 11.1 Å². The molecule has 0 amide bonds. The minimum absolute atomic E-state index is 0.0768. The Kier molecular flexibility index (Phi) is 3.69. The third-order valence-corrected chi connectivity index (χ3v) is 8.67. The van der Waals surface area contributed by atoms with Gasteiger partial charge >= 0.3 is 0 Å². The number of aldehydes is 1. The van der Waals surface area contributed by atoms with Crippen LogP contribution in [0.4, 0.5) is 0 Å². The highest BCUT2D eigenvalue weighted by Crippen LogP contribution is 2.66. The molecule has 0 heterocycles. The lowest BCUT2D eigenvalue weighted by molar-refractivity contribution is -0.141. The number of hydrogen-bond acceptors (Lipinski definition) is 3. The van der Waals surface area contributed by atoms with Gasteiger partial charge in [0.1, 0.15) is 12.1 Å². The molecule has 0 saturated heterocycles. The molecular weight excluding hydrogens is 312 g/mol. The van der Waals surface area contributed by atoms with Gasteiger partial charge in [-0.05, 0) is 73.3 Å². The summed E-state index contributed by atoms with van der Waals surface area (Å²) in [5, 5.41) is 0. The summed E-state index contributed by atoms with van der Waals surface area (Å²) in [5.74, 6) is 2.17. The summed E-state index contributed by atoms with van der Waals surface area (Å²) in [6.45, 7) is 8.40. The molecule has 0 spiro atoms. The zero-order valence-corrected chi connectivity index (χ0v) is 15.9. The van der Waals surface area contributed by atoms with Gasteiger partial charge in [-0.3, -0.25) is 9.59 Å². The van der Waals surface area contributed by atoms with Crippen molar-refractivity contribution in [2.45, 2.75) is 66.2 Å². The van der Waals surface area contributed by atoms with Gasteiger partial charge in [0, 0.05) is 18.3 Å². The minimum atomic E-state index is -0.479. The van der Waals surface area contributed by atoms with Gasteiger partial charge in [0.05, 0.1) is 5.41 Å². The molecule has 0 bridgehead atoms. The Bertz CT molecular complexity index is 689. The van der Waals surface area contributed by atoms with Crippen molar-refractivity contribution in [1.82, 2.24) is 0 Å². The maximum Gasteiger partial charge on any atom is 0.158 e. The smallest absolute Gasteiger partial charge is 0.158 e. The lowest BCUT2D eigenvalue weighted by Crippen LogP contribution is -2.57. The van der Waals surface area contributed by atoms with Crippen LogP contribution < -0.4 is 0 Å². The Hall–Kier alpha value is -1.25. The first-order valence-corrected chi connectivity index (χ1v) is 10.0. The van der Waals surface area contributed by atoms with Gasteiger partial charge < -0.3 is 4.79 Å². The molecule has 4 aliphatic rings. The van der Waals surface area contributed by atoms with E-state index in [1.165, 1.54) is 6.29 Å². The number of allylic oxidation sites excluding steroid dienone is 1. The first-order valence-electron chi connectivity index (χ1n) is 10.0. The maximum absolute atomic E-state index is 12.6. The molecule has 0 aromatic rings. The van der Waals surface area contributed by atoms with Crippen molar-refractivity contribution < 1.29 is 14.4 Å². The van der Waals surface area contributed by atoms with Gasteiger partial charge in [0.2, 0.25) is 0 Å². The quantitative estimate of drug-likeness (QED) is 0.673. The fourth-order valence-corrected chi connectivity index (χ4v) is 7.48. The monoisotopic (exact) mass is 342 g/mol. The number of ketones is 2. The van der Waals surface area contributed by atoms with Crippen LogP contribution in [0.1, 0.15) is 66.2 Å². The molecule has 0 aromatic carbocycles.